The van der Waals surface area contributed by atoms with E-state index in [2.05, 4.69) is 36.8 Å². The van der Waals surface area contributed by atoms with Crippen molar-refractivity contribution in [2.45, 2.75) is 0 Å². The number of halogens is 2. The smallest absolute Gasteiger partial charge is 0.0734 e. The van der Waals surface area contributed by atoms with Crippen molar-refractivity contribution in [2.24, 2.45) is 0 Å². The lowest BCUT2D eigenvalue weighted by molar-refractivity contribution is 1.39. The molecule has 0 aliphatic carbocycles. The van der Waals surface area contributed by atoms with E-state index in [4.69, 9.17) is 5.73 Å². The molecule has 2 rings (SSSR count). The second-order valence-corrected chi connectivity index (χ2v) is 4.45. The first-order chi connectivity index (χ1) is 6.18. The van der Waals surface area contributed by atoms with Gasteiger partial charge in [0.25, 0.3) is 0 Å². The van der Waals surface area contributed by atoms with E-state index in [-0.39, 0.29) is 0 Å². The summed E-state index contributed by atoms with van der Waals surface area (Å²) in [5.74, 6) is 0. The highest BCUT2D eigenvalue weighted by molar-refractivity contribution is 9.10. The van der Waals surface area contributed by atoms with Crippen molar-refractivity contribution in [1.82, 2.24) is 4.98 Å². The van der Waals surface area contributed by atoms with Gasteiger partial charge in [-0.3, -0.25) is 4.98 Å². The van der Waals surface area contributed by atoms with Crippen molar-refractivity contribution in [1.29, 1.82) is 0 Å². The summed E-state index contributed by atoms with van der Waals surface area (Å²) >= 11 is 6.72. The number of hydrogen-bond acceptors (Lipinski definition) is 2. The zero-order valence-corrected chi connectivity index (χ0v) is 9.76. The number of pyridine rings is 1. The fourth-order valence-corrected chi connectivity index (χ4v) is 1.83. The number of nitrogen functional groups attached to an aromatic ring is 1. The maximum Gasteiger partial charge on any atom is 0.0734 e. The number of nitrogens with two attached hydrogens (primary N) is 1. The van der Waals surface area contributed by atoms with Gasteiger partial charge in [-0.05, 0) is 34.1 Å². The Labute approximate surface area is 92.4 Å². The number of hydrogen-bond donors (Lipinski definition) is 1. The van der Waals surface area contributed by atoms with E-state index in [1.807, 2.05) is 18.2 Å². The Kier molecular flexibility index (Phi) is 2.26. The van der Waals surface area contributed by atoms with Crippen LogP contribution in [0.3, 0.4) is 0 Å². The highest BCUT2D eigenvalue weighted by Crippen LogP contribution is 2.28. The lowest BCUT2D eigenvalue weighted by atomic mass is 10.2. The van der Waals surface area contributed by atoms with Gasteiger partial charge in [-0.1, -0.05) is 15.9 Å². The van der Waals surface area contributed by atoms with Crippen LogP contribution in [0.4, 0.5) is 5.69 Å². The summed E-state index contributed by atoms with van der Waals surface area (Å²) in [6.45, 7) is 0. The molecule has 1 aromatic carbocycles. The van der Waals surface area contributed by atoms with Gasteiger partial charge in [-0.15, -0.1) is 0 Å². The molecule has 0 unspecified atom stereocenters. The van der Waals surface area contributed by atoms with Crippen LogP contribution >= 0.6 is 31.9 Å². The number of benzene rings is 1. The van der Waals surface area contributed by atoms with Crippen LogP contribution in [0.1, 0.15) is 0 Å². The van der Waals surface area contributed by atoms with E-state index >= 15 is 0 Å². The number of rotatable bonds is 0. The molecule has 2 N–H and O–H groups in total. The van der Waals surface area contributed by atoms with Crippen LogP contribution in [-0.4, -0.2) is 4.98 Å². The lowest BCUT2D eigenvalue weighted by Crippen LogP contribution is -1.90. The summed E-state index contributed by atoms with van der Waals surface area (Å²) in [6.07, 6.45) is 1.71. The van der Waals surface area contributed by atoms with Crippen molar-refractivity contribution >= 4 is 48.5 Å². The van der Waals surface area contributed by atoms with Gasteiger partial charge >= 0.3 is 0 Å². The minimum absolute atomic E-state index is 0.734. The molecular formula is C9H6Br2N2. The van der Waals surface area contributed by atoms with Gasteiger partial charge in [-0.25, -0.2) is 0 Å². The van der Waals surface area contributed by atoms with Crippen molar-refractivity contribution in [3.8, 4) is 0 Å². The topological polar surface area (TPSA) is 38.9 Å². The summed E-state index contributed by atoms with van der Waals surface area (Å²) in [5.41, 5.74) is 7.50. The first-order valence-corrected chi connectivity index (χ1v) is 5.26. The van der Waals surface area contributed by atoms with Gasteiger partial charge in [0.05, 0.1) is 15.7 Å². The molecule has 2 nitrogen and oxygen atoms in total. The van der Waals surface area contributed by atoms with Crippen molar-refractivity contribution in [2.75, 3.05) is 5.73 Å². The fourth-order valence-electron chi connectivity index (χ4n) is 1.16. The van der Waals surface area contributed by atoms with E-state index in [1.54, 1.807) is 6.20 Å². The van der Waals surface area contributed by atoms with Crippen molar-refractivity contribution in [3.63, 3.8) is 0 Å². The molecule has 0 bridgehead atoms. The largest absolute Gasteiger partial charge is 0.397 e. The maximum atomic E-state index is 5.87. The van der Waals surface area contributed by atoms with Crippen LogP contribution in [-0.2, 0) is 0 Å². The van der Waals surface area contributed by atoms with Gasteiger partial charge in [0.2, 0.25) is 0 Å². The monoisotopic (exact) mass is 300 g/mol. The number of anilines is 1. The lowest BCUT2D eigenvalue weighted by Gasteiger charge is -2.03. The van der Waals surface area contributed by atoms with E-state index in [0.29, 0.717) is 0 Å². The van der Waals surface area contributed by atoms with Crippen molar-refractivity contribution < 1.29 is 0 Å². The van der Waals surface area contributed by atoms with Crippen LogP contribution in [0.15, 0.2) is 33.3 Å². The molecule has 0 spiro atoms. The minimum atomic E-state index is 0.734. The predicted molar refractivity (Wildman–Crippen MR) is 61.6 cm³/mol. The molecule has 0 aliphatic rings. The zero-order valence-electron chi connectivity index (χ0n) is 6.59. The highest BCUT2D eigenvalue weighted by Gasteiger charge is 2.02. The summed E-state index contributed by atoms with van der Waals surface area (Å²) < 4.78 is 1.84. The third kappa shape index (κ3) is 1.56. The fraction of sp³-hybridized carbons (Fsp3) is 0. The Hall–Kier alpha value is -0.610. The molecule has 0 aliphatic heterocycles. The van der Waals surface area contributed by atoms with Crippen LogP contribution < -0.4 is 5.73 Å². The van der Waals surface area contributed by atoms with E-state index in [9.17, 15) is 0 Å². The average molecular weight is 302 g/mol. The van der Waals surface area contributed by atoms with Gasteiger partial charge in [0, 0.05) is 16.1 Å². The number of nitrogens with zero attached hydrogens (tertiary/aromatic N) is 1. The van der Waals surface area contributed by atoms with Gasteiger partial charge in [-0.2, -0.15) is 0 Å². The molecule has 0 atom stereocenters. The molecule has 13 heavy (non-hydrogen) atoms. The molecule has 0 saturated heterocycles. The summed E-state index contributed by atoms with van der Waals surface area (Å²) in [5, 5.41) is 0.970. The quantitative estimate of drug-likeness (QED) is 0.810. The van der Waals surface area contributed by atoms with E-state index in [1.165, 1.54) is 0 Å². The second-order valence-electron chi connectivity index (χ2n) is 2.68. The average Bonchev–Trinajstić information content (AvgIpc) is 2.12. The summed E-state index contributed by atoms with van der Waals surface area (Å²) in [4.78, 5) is 4.25. The standard InChI is InChI=1S/C9H6Br2N2/c10-5-1-2-6-8(3-5)13-4-7(11)9(6)12/h1-4H,(H2,12,13). The Morgan fingerprint density at radius 3 is 2.77 bits per heavy atom. The minimum Gasteiger partial charge on any atom is -0.397 e. The maximum absolute atomic E-state index is 5.87. The molecule has 1 aromatic heterocycles. The molecule has 4 heteroatoms. The van der Waals surface area contributed by atoms with E-state index < -0.39 is 0 Å². The molecule has 1 heterocycles. The Morgan fingerprint density at radius 1 is 1.23 bits per heavy atom. The Balaban J connectivity index is 2.87. The summed E-state index contributed by atoms with van der Waals surface area (Å²) in [7, 11) is 0. The van der Waals surface area contributed by atoms with Gasteiger partial charge < -0.3 is 5.73 Å². The molecule has 66 valence electrons. The van der Waals surface area contributed by atoms with E-state index in [0.717, 1.165) is 25.5 Å². The van der Waals surface area contributed by atoms with Crippen molar-refractivity contribution in [3.05, 3.63) is 33.3 Å². The van der Waals surface area contributed by atoms with Crippen LogP contribution in [0.25, 0.3) is 10.9 Å². The van der Waals surface area contributed by atoms with Gasteiger partial charge in [0.15, 0.2) is 0 Å². The molecule has 0 fully saturated rings. The highest BCUT2D eigenvalue weighted by atomic mass is 79.9. The first kappa shape index (κ1) is 8.97. The van der Waals surface area contributed by atoms with Crippen LogP contribution in [0, 0.1) is 0 Å². The first-order valence-electron chi connectivity index (χ1n) is 3.68. The molecule has 2 aromatic rings. The Bertz CT molecular complexity index is 468. The predicted octanol–water partition coefficient (Wildman–Crippen LogP) is 3.34. The second kappa shape index (κ2) is 3.27. The molecule has 0 saturated carbocycles. The third-order valence-corrected chi connectivity index (χ3v) is 2.95. The normalized spacial score (nSPS) is 10.6. The number of aromatic nitrogens is 1. The summed E-state index contributed by atoms with van der Waals surface area (Å²) in [6, 6.07) is 5.84. The number of fused-ring (bicyclic) bond motifs is 1. The SMILES string of the molecule is Nc1c(Br)cnc2cc(Br)ccc12. The zero-order chi connectivity index (χ0) is 9.42. The molecule has 0 amide bonds. The Morgan fingerprint density at radius 2 is 2.00 bits per heavy atom. The van der Waals surface area contributed by atoms with Gasteiger partial charge in [0.1, 0.15) is 0 Å². The molecule has 0 radical (unpaired) electrons. The van der Waals surface area contributed by atoms with Crippen LogP contribution in [0.5, 0.6) is 0 Å². The molecular weight excluding hydrogens is 296 g/mol. The van der Waals surface area contributed by atoms with Crippen LogP contribution in [0.2, 0.25) is 0 Å². The third-order valence-electron chi connectivity index (χ3n) is 1.82.